The Morgan fingerprint density at radius 3 is 2.67 bits per heavy atom. The van der Waals surface area contributed by atoms with Gasteiger partial charge in [-0.2, -0.15) is 0 Å². The predicted molar refractivity (Wildman–Crippen MR) is 70.5 cm³/mol. The molecular weight excluding hydrogens is 280 g/mol. The van der Waals surface area contributed by atoms with Crippen LogP contribution in [0.5, 0.6) is 5.75 Å². The summed E-state index contributed by atoms with van der Waals surface area (Å²) in [5.74, 6) is -0.664. The van der Waals surface area contributed by atoms with Gasteiger partial charge in [0.2, 0.25) is 0 Å². The van der Waals surface area contributed by atoms with E-state index in [2.05, 4.69) is 4.84 Å². The molecule has 1 aliphatic rings. The summed E-state index contributed by atoms with van der Waals surface area (Å²) in [5.41, 5.74) is 0.451. The molecule has 0 atom stereocenters. The minimum atomic E-state index is -0.964. The number of carbonyl (C=O) groups excluding carboxylic acids is 2. The highest BCUT2D eigenvalue weighted by atomic mass is 16.9. The summed E-state index contributed by atoms with van der Waals surface area (Å²) in [4.78, 5) is 39.6. The number of ether oxygens (including phenoxy) is 1. The van der Waals surface area contributed by atoms with E-state index >= 15 is 0 Å². The third-order valence-corrected chi connectivity index (χ3v) is 2.93. The van der Waals surface area contributed by atoms with Crippen molar-refractivity contribution in [1.82, 2.24) is 4.90 Å². The van der Waals surface area contributed by atoms with Gasteiger partial charge >= 0.3 is 0 Å². The highest BCUT2D eigenvalue weighted by Gasteiger charge is 2.37. The van der Waals surface area contributed by atoms with Crippen molar-refractivity contribution in [3.05, 3.63) is 39.4 Å². The molecule has 0 saturated heterocycles. The molecule has 0 aliphatic carbocycles. The van der Waals surface area contributed by atoms with E-state index in [4.69, 9.17) is 4.74 Å². The van der Waals surface area contributed by atoms with Gasteiger partial charge in [0.25, 0.3) is 16.9 Å². The molecule has 2 amide bonds. The fraction of sp³-hybridized carbons (Fsp3) is 0.385. The van der Waals surface area contributed by atoms with Crippen molar-refractivity contribution in [2.24, 2.45) is 0 Å². The van der Waals surface area contributed by atoms with Gasteiger partial charge in [-0.25, -0.2) is 0 Å². The zero-order valence-electron chi connectivity index (χ0n) is 11.4. The number of hydrogen-bond acceptors (Lipinski definition) is 6. The molecule has 1 aromatic rings. The first-order valence-electron chi connectivity index (χ1n) is 6.45. The predicted octanol–water partition coefficient (Wildman–Crippen LogP) is 1.28. The van der Waals surface area contributed by atoms with Crippen LogP contribution < -0.4 is 4.74 Å². The van der Waals surface area contributed by atoms with E-state index in [0.29, 0.717) is 12.4 Å². The summed E-state index contributed by atoms with van der Waals surface area (Å²) in [6.45, 7) is 1.82. The summed E-state index contributed by atoms with van der Waals surface area (Å²) < 4.78 is 5.47. The molecule has 0 bridgehead atoms. The van der Waals surface area contributed by atoms with Crippen molar-refractivity contribution in [3.8, 4) is 5.75 Å². The van der Waals surface area contributed by atoms with Crippen LogP contribution in [0.25, 0.3) is 0 Å². The van der Waals surface area contributed by atoms with Crippen molar-refractivity contribution in [2.45, 2.75) is 13.3 Å². The molecule has 112 valence electrons. The monoisotopic (exact) mass is 294 g/mol. The van der Waals surface area contributed by atoms with Crippen LogP contribution in [0.2, 0.25) is 0 Å². The molecule has 8 nitrogen and oxygen atoms in total. The Balaban J connectivity index is 2.19. The van der Waals surface area contributed by atoms with Crippen LogP contribution in [-0.2, 0) is 4.84 Å². The second-order valence-corrected chi connectivity index (χ2v) is 4.35. The number of fused-ring (bicyclic) bond motifs is 1. The Morgan fingerprint density at radius 1 is 1.24 bits per heavy atom. The zero-order valence-corrected chi connectivity index (χ0v) is 11.4. The number of benzene rings is 1. The molecule has 8 heteroatoms. The molecule has 1 aliphatic heterocycles. The summed E-state index contributed by atoms with van der Waals surface area (Å²) in [6.07, 6.45) is 0.770. The molecule has 1 heterocycles. The Bertz CT molecular complexity index is 586. The van der Waals surface area contributed by atoms with Gasteiger partial charge in [-0.3, -0.25) is 14.5 Å². The molecular formula is C13H14N2O6. The van der Waals surface area contributed by atoms with Crippen molar-refractivity contribution < 1.29 is 24.3 Å². The van der Waals surface area contributed by atoms with Crippen LogP contribution in [-0.4, -0.2) is 41.6 Å². The fourth-order valence-corrected chi connectivity index (χ4v) is 2.04. The molecule has 0 radical (unpaired) electrons. The highest BCUT2D eigenvalue weighted by molar-refractivity contribution is 6.22. The number of nitrogens with zero attached hydrogens (tertiary/aromatic N) is 2. The maximum absolute atomic E-state index is 12.3. The van der Waals surface area contributed by atoms with Crippen LogP contribution in [0.4, 0.5) is 0 Å². The number of carbonyl (C=O) groups is 2. The molecule has 0 fully saturated rings. The molecule has 1 aromatic carbocycles. The average Bonchev–Trinajstić information content (AvgIpc) is 2.70. The summed E-state index contributed by atoms with van der Waals surface area (Å²) in [6, 6.07) is 4.78. The van der Waals surface area contributed by atoms with Gasteiger partial charge in [-0.15, -0.1) is 10.1 Å². The van der Waals surface area contributed by atoms with Crippen LogP contribution in [0, 0.1) is 10.1 Å². The number of rotatable bonds is 7. The quantitative estimate of drug-likeness (QED) is 0.426. The lowest BCUT2D eigenvalue weighted by atomic mass is 10.1. The van der Waals surface area contributed by atoms with Gasteiger partial charge in [0.1, 0.15) is 12.4 Å². The largest absolute Gasteiger partial charge is 0.493 e. The van der Waals surface area contributed by atoms with Crippen molar-refractivity contribution in [3.63, 3.8) is 0 Å². The molecule has 0 aromatic heterocycles. The van der Waals surface area contributed by atoms with E-state index < -0.39 is 16.9 Å². The van der Waals surface area contributed by atoms with E-state index in [1.54, 1.807) is 12.1 Å². The van der Waals surface area contributed by atoms with Crippen molar-refractivity contribution in [1.29, 1.82) is 0 Å². The summed E-state index contributed by atoms with van der Waals surface area (Å²) >= 11 is 0. The number of hydrogen-bond donors (Lipinski definition) is 0. The Morgan fingerprint density at radius 2 is 2.00 bits per heavy atom. The third-order valence-electron chi connectivity index (χ3n) is 2.93. The normalized spacial score (nSPS) is 13.3. The second-order valence-electron chi connectivity index (χ2n) is 4.35. The smallest absolute Gasteiger partial charge is 0.294 e. The molecule has 0 unspecified atom stereocenters. The summed E-state index contributed by atoms with van der Waals surface area (Å²) in [5, 5.41) is 9.14. The average molecular weight is 294 g/mol. The Kier molecular flexibility index (Phi) is 4.36. The van der Waals surface area contributed by atoms with Gasteiger partial charge < -0.3 is 9.57 Å². The first-order valence-corrected chi connectivity index (χ1v) is 6.45. The molecule has 0 N–H and O–H groups in total. The highest BCUT2D eigenvalue weighted by Crippen LogP contribution is 2.30. The van der Waals surface area contributed by atoms with Crippen LogP contribution in [0.1, 0.15) is 34.1 Å². The van der Waals surface area contributed by atoms with Crippen molar-refractivity contribution >= 4 is 11.8 Å². The van der Waals surface area contributed by atoms with Crippen molar-refractivity contribution in [2.75, 3.05) is 19.8 Å². The number of imide groups is 1. The molecule has 2 rings (SSSR count). The topological polar surface area (TPSA) is 99.0 Å². The first-order chi connectivity index (χ1) is 10.1. The lowest BCUT2D eigenvalue weighted by Gasteiger charge is -2.12. The fourth-order valence-electron chi connectivity index (χ4n) is 2.04. The van der Waals surface area contributed by atoms with Gasteiger partial charge in [0, 0.05) is 0 Å². The Hall–Kier alpha value is -2.64. The lowest BCUT2D eigenvalue weighted by molar-refractivity contribution is -0.757. The van der Waals surface area contributed by atoms with Crippen LogP contribution >= 0.6 is 0 Å². The minimum Gasteiger partial charge on any atom is -0.493 e. The molecule has 21 heavy (non-hydrogen) atoms. The van der Waals surface area contributed by atoms with Gasteiger partial charge in [-0.1, -0.05) is 13.0 Å². The maximum atomic E-state index is 12.3. The summed E-state index contributed by atoms with van der Waals surface area (Å²) in [7, 11) is 0. The van der Waals surface area contributed by atoms with E-state index in [9.17, 15) is 19.7 Å². The van der Waals surface area contributed by atoms with Gasteiger partial charge in [0.05, 0.1) is 24.3 Å². The first kappa shape index (κ1) is 14.8. The standard InChI is InChI=1S/C13H14N2O6/c1-2-7-20-10-5-3-4-9-11(10)13(17)14(12(9)16)6-8-21-15(18)19/h3-5H,2,6-8H2,1H3. The van der Waals surface area contributed by atoms with E-state index in [0.717, 1.165) is 11.3 Å². The SMILES string of the molecule is CCCOc1cccc2c1C(=O)N(CCO[N+](=O)[O-])C2=O. The second kappa shape index (κ2) is 6.21. The van der Waals surface area contributed by atoms with E-state index in [1.165, 1.54) is 6.07 Å². The molecule has 0 saturated carbocycles. The van der Waals surface area contributed by atoms with E-state index in [-0.39, 0.29) is 24.3 Å². The Labute approximate surface area is 120 Å². The minimum absolute atomic E-state index is 0.180. The van der Waals surface area contributed by atoms with Gasteiger partial charge in [0.15, 0.2) is 0 Å². The lowest BCUT2D eigenvalue weighted by Crippen LogP contribution is -2.33. The van der Waals surface area contributed by atoms with Crippen LogP contribution in [0.3, 0.4) is 0 Å². The van der Waals surface area contributed by atoms with E-state index in [1.807, 2.05) is 6.92 Å². The maximum Gasteiger partial charge on any atom is 0.294 e. The van der Waals surface area contributed by atoms with Gasteiger partial charge in [-0.05, 0) is 18.6 Å². The third kappa shape index (κ3) is 2.93. The molecule has 0 spiro atoms. The number of amides is 2. The zero-order chi connectivity index (χ0) is 15.4. The van der Waals surface area contributed by atoms with Crippen LogP contribution in [0.15, 0.2) is 18.2 Å².